The number of thiocarbonyl (C=S) groups is 1. The number of amides is 1. The van der Waals surface area contributed by atoms with E-state index in [9.17, 15) is 9.90 Å². The molecule has 0 atom stereocenters. The van der Waals surface area contributed by atoms with E-state index < -0.39 is 5.91 Å². The Bertz CT molecular complexity index is 805. The number of benzene rings is 2. The zero-order valence-electron chi connectivity index (χ0n) is 13.5. The van der Waals surface area contributed by atoms with Crippen molar-refractivity contribution in [3.8, 4) is 11.5 Å². The minimum absolute atomic E-state index is 0.0616. The van der Waals surface area contributed by atoms with Crippen LogP contribution in [0.25, 0.3) is 0 Å². The molecule has 0 aliphatic carbocycles. The summed E-state index contributed by atoms with van der Waals surface area (Å²) in [4.78, 5) is 11.9. The van der Waals surface area contributed by atoms with Gasteiger partial charge in [-0.05, 0) is 61.5 Å². The molecule has 2 aromatic carbocycles. The molecule has 5 nitrogen and oxygen atoms in total. The summed E-state index contributed by atoms with van der Waals surface area (Å²) in [6.45, 7) is 3.79. The molecule has 2 aromatic rings. The summed E-state index contributed by atoms with van der Waals surface area (Å²) in [6, 6.07) is 8.46. The van der Waals surface area contributed by atoms with E-state index in [0.29, 0.717) is 11.4 Å². The summed E-state index contributed by atoms with van der Waals surface area (Å²) in [5.74, 6) is -0.0217. The quantitative estimate of drug-likeness (QED) is 0.531. The third-order valence-electron chi connectivity index (χ3n) is 3.38. The van der Waals surface area contributed by atoms with E-state index in [0.717, 1.165) is 11.1 Å². The normalized spacial score (nSPS) is 10.2. The Labute approximate surface area is 160 Å². The van der Waals surface area contributed by atoms with Crippen molar-refractivity contribution in [2.24, 2.45) is 0 Å². The summed E-state index contributed by atoms with van der Waals surface area (Å²) in [5.41, 5.74) is 2.66. The van der Waals surface area contributed by atoms with Crippen molar-refractivity contribution in [2.75, 3.05) is 11.9 Å². The highest BCUT2D eigenvalue weighted by molar-refractivity contribution is 7.80. The molecule has 8 heteroatoms. The summed E-state index contributed by atoms with van der Waals surface area (Å²) in [7, 11) is 0. The molecule has 0 unspecified atom stereocenters. The van der Waals surface area contributed by atoms with Gasteiger partial charge in [0.15, 0.2) is 17.5 Å². The molecule has 0 radical (unpaired) electrons. The molecular weight excluding hydrogens is 383 g/mol. The van der Waals surface area contributed by atoms with Gasteiger partial charge >= 0.3 is 0 Å². The molecule has 0 aromatic heterocycles. The van der Waals surface area contributed by atoms with Gasteiger partial charge in [-0.2, -0.15) is 0 Å². The fraction of sp³-hybridized carbons (Fsp3) is 0.176. The van der Waals surface area contributed by atoms with Crippen molar-refractivity contribution >= 4 is 52.1 Å². The second-order valence-corrected chi connectivity index (χ2v) is 6.55. The van der Waals surface area contributed by atoms with E-state index in [4.69, 9.17) is 40.2 Å². The highest BCUT2D eigenvalue weighted by Crippen LogP contribution is 2.34. The summed E-state index contributed by atoms with van der Waals surface area (Å²) < 4.78 is 5.43. The predicted octanol–water partition coefficient (Wildman–Crippen LogP) is 4.21. The van der Waals surface area contributed by atoms with Gasteiger partial charge in [0.25, 0.3) is 5.91 Å². The van der Waals surface area contributed by atoms with Crippen LogP contribution in [0.4, 0.5) is 5.69 Å². The number of carbonyl (C=O) groups excluding carboxylic acids is 1. The number of halogens is 2. The van der Waals surface area contributed by atoms with Crippen LogP contribution >= 0.6 is 35.4 Å². The minimum Gasteiger partial charge on any atom is -0.505 e. The number of aryl methyl sites for hydroxylation is 2. The first-order chi connectivity index (χ1) is 11.8. The molecule has 0 bridgehead atoms. The minimum atomic E-state index is -0.410. The third-order valence-corrected chi connectivity index (χ3v) is 4.16. The first kappa shape index (κ1) is 19.3. The largest absolute Gasteiger partial charge is 0.505 e. The molecule has 132 valence electrons. The highest BCUT2D eigenvalue weighted by Gasteiger charge is 2.10. The lowest BCUT2D eigenvalue weighted by Gasteiger charge is -2.12. The Morgan fingerprint density at radius 3 is 2.40 bits per heavy atom. The van der Waals surface area contributed by atoms with Crippen LogP contribution in [0.5, 0.6) is 11.5 Å². The fourth-order valence-corrected chi connectivity index (χ4v) is 2.63. The summed E-state index contributed by atoms with van der Waals surface area (Å²) in [5, 5.41) is 15.0. The standard InChI is InChI=1S/C17H16Cl2N2O3S/c1-9-3-4-12(5-10(9)2)24-8-15(22)21-17(25)20-11-6-13(18)16(23)14(19)7-11/h3-7,23H,8H2,1-2H3,(H2,20,21,22,25). The monoisotopic (exact) mass is 398 g/mol. The van der Waals surface area contributed by atoms with Crippen molar-refractivity contribution in [3.63, 3.8) is 0 Å². The van der Waals surface area contributed by atoms with Gasteiger partial charge in [0.05, 0.1) is 10.0 Å². The topological polar surface area (TPSA) is 70.6 Å². The van der Waals surface area contributed by atoms with Gasteiger partial charge < -0.3 is 15.2 Å². The first-order valence-corrected chi connectivity index (χ1v) is 8.41. The van der Waals surface area contributed by atoms with Gasteiger partial charge in [-0.3, -0.25) is 10.1 Å². The van der Waals surface area contributed by atoms with Crippen molar-refractivity contribution in [1.82, 2.24) is 5.32 Å². The van der Waals surface area contributed by atoms with Gasteiger partial charge in [-0.1, -0.05) is 29.3 Å². The van der Waals surface area contributed by atoms with Crippen molar-refractivity contribution in [1.29, 1.82) is 0 Å². The molecule has 25 heavy (non-hydrogen) atoms. The molecule has 3 N–H and O–H groups in total. The third kappa shape index (κ3) is 5.49. The number of ether oxygens (including phenoxy) is 1. The van der Waals surface area contributed by atoms with Crippen molar-refractivity contribution in [2.45, 2.75) is 13.8 Å². The summed E-state index contributed by atoms with van der Waals surface area (Å²) in [6.07, 6.45) is 0. The first-order valence-electron chi connectivity index (χ1n) is 7.25. The van der Waals surface area contributed by atoms with Gasteiger partial charge in [-0.15, -0.1) is 0 Å². The van der Waals surface area contributed by atoms with E-state index >= 15 is 0 Å². The molecule has 0 aliphatic heterocycles. The second kappa shape index (κ2) is 8.38. The molecule has 0 aliphatic rings. The summed E-state index contributed by atoms with van der Waals surface area (Å²) >= 11 is 16.7. The Balaban J connectivity index is 1.87. The van der Waals surface area contributed by atoms with Gasteiger partial charge in [0.2, 0.25) is 0 Å². The van der Waals surface area contributed by atoms with Gasteiger partial charge in [0, 0.05) is 5.69 Å². The van der Waals surface area contributed by atoms with Crippen molar-refractivity contribution < 1.29 is 14.6 Å². The highest BCUT2D eigenvalue weighted by atomic mass is 35.5. The van der Waals surface area contributed by atoms with Gasteiger partial charge in [0.1, 0.15) is 5.75 Å². The lowest BCUT2D eigenvalue weighted by molar-refractivity contribution is -0.121. The molecule has 2 rings (SSSR count). The Kier molecular flexibility index (Phi) is 6.47. The lowest BCUT2D eigenvalue weighted by Crippen LogP contribution is -2.37. The molecule has 0 heterocycles. The maximum absolute atomic E-state index is 11.9. The van der Waals surface area contributed by atoms with Crippen LogP contribution in [-0.2, 0) is 4.79 Å². The van der Waals surface area contributed by atoms with Crippen LogP contribution in [0.2, 0.25) is 10.0 Å². The molecule has 0 saturated heterocycles. The molecule has 0 fully saturated rings. The van der Waals surface area contributed by atoms with E-state index in [1.807, 2.05) is 26.0 Å². The number of phenolic OH excluding ortho intramolecular Hbond substituents is 1. The van der Waals surface area contributed by atoms with Crippen LogP contribution in [0.15, 0.2) is 30.3 Å². The average molecular weight is 399 g/mol. The molecular formula is C17H16Cl2N2O3S. The van der Waals surface area contributed by atoms with Crippen LogP contribution in [0.1, 0.15) is 11.1 Å². The Morgan fingerprint density at radius 2 is 1.80 bits per heavy atom. The SMILES string of the molecule is Cc1ccc(OCC(=O)NC(=S)Nc2cc(Cl)c(O)c(Cl)c2)cc1C. The Hall–Kier alpha value is -2.02. The van der Waals surface area contributed by atoms with E-state index in [-0.39, 0.29) is 27.5 Å². The number of rotatable bonds is 4. The van der Waals surface area contributed by atoms with E-state index in [2.05, 4.69) is 10.6 Å². The zero-order valence-corrected chi connectivity index (χ0v) is 15.9. The fourth-order valence-electron chi connectivity index (χ4n) is 1.92. The van der Waals surface area contributed by atoms with Crippen LogP contribution in [0, 0.1) is 13.8 Å². The Morgan fingerprint density at radius 1 is 1.16 bits per heavy atom. The number of nitrogens with one attached hydrogen (secondary N) is 2. The maximum Gasteiger partial charge on any atom is 0.264 e. The molecule has 0 spiro atoms. The van der Waals surface area contributed by atoms with Gasteiger partial charge in [-0.25, -0.2) is 0 Å². The number of hydrogen-bond acceptors (Lipinski definition) is 4. The van der Waals surface area contributed by atoms with E-state index in [1.54, 1.807) is 6.07 Å². The number of anilines is 1. The maximum atomic E-state index is 11.9. The average Bonchev–Trinajstić information content (AvgIpc) is 2.53. The molecule has 1 amide bonds. The predicted molar refractivity (Wildman–Crippen MR) is 104 cm³/mol. The van der Waals surface area contributed by atoms with Crippen LogP contribution < -0.4 is 15.4 Å². The number of hydrogen-bond donors (Lipinski definition) is 3. The number of phenols is 1. The molecule has 0 saturated carbocycles. The second-order valence-electron chi connectivity index (χ2n) is 5.33. The van der Waals surface area contributed by atoms with Crippen LogP contribution in [-0.4, -0.2) is 22.7 Å². The smallest absolute Gasteiger partial charge is 0.264 e. The zero-order chi connectivity index (χ0) is 18.6. The van der Waals surface area contributed by atoms with Crippen LogP contribution in [0.3, 0.4) is 0 Å². The lowest BCUT2D eigenvalue weighted by atomic mass is 10.1. The van der Waals surface area contributed by atoms with E-state index in [1.165, 1.54) is 12.1 Å². The number of aromatic hydroxyl groups is 1. The van der Waals surface area contributed by atoms with Crippen molar-refractivity contribution in [3.05, 3.63) is 51.5 Å². The number of carbonyl (C=O) groups is 1.